The summed E-state index contributed by atoms with van der Waals surface area (Å²) in [7, 11) is 0. The number of rotatable bonds is 3. The summed E-state index contributed by atoms with van der Waals surface area (Å²) < 4.78 is 5.37. The van der Waals surface area contributed by atoms with Crippen molar-refractivity contribution in [2.24, 2.45) is 0 Å². The van der Waals surface area contributed by atoms with E-state index in [2.05, 4.69) is 34.5 Å². The van der Waals surface area contributed by atoms with Gasteiger partial charge in [-0.05, 0) is 42.5 Å². The van der Waals surface area contributed by atoms with Gasteiger partial charge in [-0.1, -0.05) is 0 Å². The van der Waals surface area contributed by atoms with E-state index in [-0.39, 0.29) is 0 Å². The molecule has 21 heavy (non-hydrogen) atoms. The van der Waals surface area contributed by atoms with Crippen molar-refractivity contribution >= 4 is 28.4 Å². The Morgan fingerprint density at radius 2 is 1.52 bits per heavy atom. The minimum Gasteiger partial charge on any atom is -0.397 e. The average Bonchev–Trinajstić information content (AvgIpc) is 2.53. The topological polar surface area (TPSA) is 76.5 Å². The summed E-state index contributed by atoms with van der Waals surface area (Å²) in [5.41, 5.74) is 15.9. The molecule has 0 atom stereocenters. The van der Waals surface area contributed by atoms with Crippen LogP contribution in [0.15, 0.2) is 42.5 Å². The molecule has 1 saturated heterocycles. The fourth-order valence-electron chi connectivity index (χ4n) is 2.40. The van der Waals surface area contributed by atoms with Crippen LogP contribution < -0.4 is 21.7 Å². The summed E-state index contributed by atoms with van der Waals surface area (Å²) in [5, 5.41) is 3.32. The molecular weight excluding hydrogens is 264 g/mol. The van der Waals surface area contributed by atoms with Crippen LogP contribution in [0.4, 0.5) is 28.4 Å². The van der Waals surface area contributed by atoms with Crippen molar-refractivity contribution in [3.8, 4) is 0 Å². The summed E-state index contributed by atoms with van der Waals surface area (Å²) in [6.45, 7) is 3.48. The SMILES string of the molecule is Nc1ccc(Nc2ccc(N3CCOCC3)cc2)cc1N. The molecule has 0 saturated carbocycles. The molecule has 1 fully saturated rings. The normalized spacial score (nSPS) is 15.0. The van der Waals surface area contributed by atoms with Crippen molar-refractivity contribution in [1.82, 2.24) is 0 Å². The van der Waals surface area contributed by atoms with Crippen LogP contribution >= 0.6 is 0 Å². The van der Waals surface area contributed by atoms with E-state index in [0.29, 0.717) is 11.4 Å². The largest absolute Gasteiger partial charge is 0.397 e. The van der Waals surface area contributed by atoms with E-state index in [4.69, 9.17) is 16.2 Å². The Morgan fingerprint density at radius 3 is 2.19 bits per heavy atom. The lowest BCUT2D eigenvalue weighted by Crippen LogP contribution is -2.36. The average molecular weight is 284 g/mol. The first-order valence-corrected chi connectivity index (χ1v) is 7.07. The van der Waals surface area contributed by atoms with E-state index in [1.807, 2.05) is 12.1 Å². The molecule has 2 aromatic rings. The minimum atomic E-state index is 0.588. The van der Waals surface area contributed by atoms with Crippen LogP contribution in [0, 0.1) is 0 Å². The van der Waals surface area contributed by atoms with Crippen molar-refractivity contribution in [1.29, 1.82) is 0 Å². The molecule has 0 bridgehead atoms. The summed E-state index contributed by atoms with van der Waals surface area (Å²) in [6.07, 6.45) is 0. The lowest BCUT2D eigenvalue weighted by atomic mass is 10.2. The molecule has 0 spiro atoms. The fraction of sp³-hybridized carbons (Fsp3) is 0.250. The monoisotopic (exact) mass is 284 g/mol. The van der Waals surface area contributed by atoms with Crippen molar-refractivity contribution in [3.05, 3.63) is 42.5 Å². The van der Waals surface area contributed by atoms with Crippen molar-refractivity contribution < 1.29 is 4.74 Å². The first kappa shape index (κ1) is 13.6. The van der Waals surface area contributed by atoms with E-state index in [1.165, 1.54) is 5.69 Å². The molecule has 1 aliphatic heterocycles. The second-order valence-corrected chi connectivity index (χ2v) is 5.11. The first-order chi connectivity index (χ1) is 10.2. The number of anilines is 5. The standard InChI is InChI=1S/C16H20N4O/c17-15-6-3-13(11-16(15)18)19-12-1-4-14(5-2-12)20-7-9-21-10-8-20/h1-6,11,19H,7-10,17-18H2. The maximum Gasteiger partial charge on any atom is 0.0642 e. The number of nitrogens with one attached hydrogen (secondary N) is 1. The molecular formula is C16H20N4O. The highest BCUT2D eigenvalue weighted by Crippen LogP contribution is 2.25. The molecule has 5 N–H and O–H groups in total. The van der Waals surface area contributed by atoms with Crippen molar-refractivity contribution in [2.45, 2.75) is 0 Å². The maximum absolute atomic E-state index is 5.81. The fourth-order valence-corrected chi connectivity index (χ4v) is 2.40. The number of hydrogen-bond acceptors (Lipinski definition) is 5. The van der Waals surface area contributed by atoms with Gasteiger partial charge in [-0.3, -0.25) is 0 Å². The minimum absolute atomic E-state index is 0.588. The maximum atomic E-state index is 5.81. The molecule has 110 valence electrons. The van der Waals surface area contributed by atoms with Gasteiger partial charge < -0.3 is 26.4 Å². The highest BCUT2D eigenvalue weighted by molar-refractivity contribution is 5.72. The van der Waals surface area contributed by atoms with Crippen molar-refractivity contribution in [3.63, 3.8) is 0 Å². The molecule has 0 unspecified atom stereocenters. The molecule has 0 aromatic heterocycles. The molecule has 1 aliphatic rings. The zero-order valence-electron chi connectivity index (χ0n) is 11.9. The first-order valence-electron chi connectivity index (χ1n) is 7.07. The summed E-state index contributed by atoms with van der Waals surface area (Å²) >= 11 is 0. The van der Waals surface area contributed by atoms with Gasteiger partial charge in [0.25, 0.3) is 0 Å². The van der Waals surface area contributed by atoms with Crippen LogP contribution in [0.25, 0.3) is 0 Å². The van der Waals surface area contributed by atoms with Gasteiger partial charge in [-0.15, -0.1) is 0 Å². The van der Waals surface area contributed by atoms with E-state index in [1.54, 1.807) is 6.07 Å². The molecule has 0 aliphatic carbocycles. The lowest BCUT2D eigenvalue weighted by Gasteiger charge is -2.28. The molecule has 0 radical (unpaired) electrons. The van der Waals surface area contributed by atoms with Gasteiger partial charge in [0.1, 0.15) is 0 Å². The van der Waals surface area contributed by atoms with Crippen LogP contribution in [0.3, 0.4) is 0 Å². The second kappa shape index (κ2) is 5.93. The molecule has 1 heterocycles. The Bertz CT molecular complexity index is 606. The third-order valence-electron chi connectivity index (χ3n) is 3.62. The quantitative estimate of drug-likeness (QED) is 0.755. The van der Waals surface area contributed by atoms with E-state index >= 15 is 0 Å². The summed E-state index contributed by atoms with van der Waals surface area (Å²) in [4.78, 5) is 2.33. The van der Waals surface area contributed by atoms with E-state index < -0.39 is 0 Å². The third-order valence-corrected chi connectivity index (χ3v) is 3.62. The van der Waals surface area contributed by atoms with Gasteiger partial charge in [0.2, 0.25) is 0 Å². The zero-order chi connectivity index (χ0) is 14.7. The van der Waals surface area contributed by atoms with Crippen LogP contribution in [0.5, 0.6) is 0 Å². The molecule has 0 amide bonds. The number of hydrogen-bond donors (Lipinski definition) is 3. The Labute approximate surface area is 124 Å². The highest BCUT2D eigenvalue weighted by atomic mass is 16.5. The molecule has 3 rings (SSSR count). The number of benzene rings is 2. The van der Waals surface area contributed by atoms with Gasteiger partial charge in [-0.2, -0.15) is 0 Å². The van der Waals surface area contributed by atoms with Crippen molar-refractivity contribution in [2.75, 3.05) is 48.0 Å². The van der Waals surface area contributed by atoms with Gasteiger partial charge in [0, 0.05) is 30.2 Å². The number of morpholine rings is 1. The Kier molecular flexibility index (Phi) is 3.83. The zero-order valence-corrected chi connectivity index (χ0v) is 11.9. The van der Waals surface area contributed by atoms with Crippen LogP contribution in [-0.2, 0) is 4.74 Å². The summed E-state index contributed by atoms with van der Waals surface area (Å²) in [5.74, 6) is 0. The van der Waals surface area contributed by atoms with E-state index in [9.17, 15) is 0 Å². The highest BCUT2D eigenvalue weighted by Gasteiger charge is 2.10. The van der Waals surface area contributed by atoms with Crippen LogP contribution in [0.1, 0.15) is 0 Å². The molecule has 5 nitrogen and oxygen atoms in total. The van der Waals surface area contributed by atoms with Gasteiger partial charge >= 0.3 is 0 Å². The smallest absolute Gasteiger partial charge is 0.0642 e. The lowest BCUT2D eigenvalue weighted by molar-refractivity contribution is 0.122. The van der Waals surface area contributed by atoms with E-state index in [0.717, 1.165) is 37.7 Å². The van der Waals surface area contributed by atoms with Gasteiger partial charge in [-0.25, -0.2) is 0 Å². The number of nitrogen functional groups attached to an aromatic ring is 2. The number of nitrogens with two attached hydrogens (primary N) is 2. The van der Waals surface area contributed by atoms with Crippen LogP contribution in [0.2, 0.25) is 0 Å². The Morgan fingerprint density at radius 1 is 0.857 bits per heavy atom. The third kappa shape index (κ3) is 3.20. The predicted octanol–water partition coefficient (Wildman–Crippen LogP) is 2.43. The Balaban J connectivity index is 1.70. The van der Waals surface area contributed by atoms with Gasteiger partial charge in [0.15, 0.2) is 0 Å². The Hall–Kier alpha value is -2.40. The molecule has 2 aromatic carbocycles. The molecule has 5 heteroatoms. The predicted molar refractivity (Wildman–Crippen MR) is 88.0 cm³/mol. The van der Waals surface area contributed by atoms with Crippen LogP contribution in [-0.4, -0.2) is 26.3 Å². The number of nitrogens with zero attached hydrogens (tertiary/aromatic N) is 1. The second-order valence-electron chi connectivity index (χ2n) is 5.11. The van der Waals surface area contributed by atoms with Gasteiger partial charge in [0.05, 0.1) is 24.6 Å². The summed E-state index contributed by atoms with van der Waals surface area (Å²) in [6, 6.07) is 13.9. The number of ether oxygens (including phenoxy) is 1.